The standard InChI is InChI=1S/2C4H9.O2.Sn/c2*1-3-4-2;1-2;/h2*1,3-4H2,2H3;;/q;;-2;+2. The predicted octanol–water partition coefficient (Wildman–Crippen LogP) is 2.99. The molecule has 0 bridgehead atoms. The van der Waals surface area contributed by atoms with Crippen molar-refractivity contribution in [3.05, 3.63) is 0 Å². The Morgan fingerprint density at radius 3 is 1.64 bits per heavy atom. The van der Waals surface area contributed by atoms with E-state index in [2.05, 4.69) is 13.8 Å². The molecule has 0 N–H and O–H groups in total. The van der Waals surface area contributed by atoms with Gasteiger partial charge in [0.2, 0.25) is 0 Å². The molecule has 0 aromatic heterocycles. The molecule has 0 unspecified atom stereocenters. The van der Waals surface area contributed by atoms with Crippen LogP contribution in [0.4, 0.5) is 0 Å². The van der Waals surface area contributed by atoms with Gasteiger partial charge >= 0.3 is 74.1 Å². The number of unbranched alkanes of at least 4 members (excludes halogenated alkanes) is 2. The second-order valence-corrected chi connectivity index (χ2v) is 12.3. The molecule has 0 aromatic rings. The first-order chi connectivity index (χ1) is 5.33. The van der Waals surface area contributed by atoms with E-state index in [0.29, 0.717) is 0 Å². The van der Waals surface area contributed by atoms with E-state index in [9.17, 15) is 0 Å². The fourth-order valence-corrected chi connectivity index (χ4v) is 10.6. The van der Waals surface area contributed by atoms with E-state index < -0.39 is 19.2 Å². The van der Waals surface area contributed by atoms with Gasteiger partial charge in [-0.25, -0.2) is 0 Å². The van der Waals surface area contributed by atoms with Gasteiger partial charge in [-0.15, -0.1) is 0 Å². The average Bonchev–Trinajstić information content (AvgIpc) is 2.79. The van der Waals surface area contributed by atoms with Crippen molar-refractivity contribution in [1.29, 1.82) is 0 Å². The van der Waals surface area contributed by atoms with Crippen molar-refractivity contribution in [2.75, 3.05) is 0 Å². The van der Waals surface area contributed by atoms with Crippen molar-refractivity contribution in [3.63, 3.8) is 0 Å². The van der Waals surface area contributed by atoms with E-state index in [-0.39, 0.29) is 0 Å². The third kappa shape index (κ3) is 3.30. The molecule has 0 atom stereocenters. The molecule has 0 saturated carbocycles. The number of hydrogen-bond acceptors (Lipinski definition) is 2. The van der Waals surface area contributed by atoms with E-state index in [1.165, 1.54) is 34.6 Å². The summed E-state index contributed by atoms with van der Waals surface area (Å²) < 4.78 is 13.0. The minimum atomic E-state index is -2.19. The van der Waals surface area contributed by atoms with Crippen LogP contribution in [-0.4, -0.2) is 19.2 Å². The molecule has 1 saturated heterocycles. The molecule has 66 valence electrons. The van der Waals surface area contributed by atoms with Crippen LogP contribution in [0.3, 0.4) is 0 Å². The van der Waals surface area contributed by atoms with Crippen LogP contribution in [0.5, 0.6) is 0 Å². The summed E-state index contributed by atoms with van der Waals surface area (Å²) in [5.74, 6) is 0. The Hall–Kier alpha value is 0.719. The van der Waals surface area contributed by atoms with Gasteiger partial charge < -0.3 is 0 Å². The van der Waals surface area contributed by atoms with Gasteiger partial charge in [0.25, 0.3) is 0 Å². The van der Waals surface area contributed by atoms with Crippen LogP contribution in [0, 0.1) is 0 Å². The van der Waals surface area contributed by atoms with Crippen molar-refractivity contribution in [2.24, 2.45) is 0 Å². The molecular weight excluding hydrogens is 247 g/mol. The zero-order valence-corrected chi connectivity index (χ0v) is 10.4. The topological polar surface area (TPSA) is 25.1 Å². The monoisotopic (exact) mass is 266 g/mol. The molecule has 0 aromatic carbocycles. The van der Waals surface area contributed by atoms with Gasteiger partial charge in [-0.2, -0.15) is 0 Å². The maximum atomic E-state index is 5.21. The molecule has 0 spiro atoms. The number of rotatable bonds is 6. The Morgan fingerprint density at radius 1 is 0.909 bits per heavy atom. The third-order valence-electron chi connectivity index (χ3n) is 2.14. The van der Waals surface area contributed by atoms with Crippen molar-refractivity contribution in [3.8, 4) is 0 Å². The van der Waals surface area contributed by atoms with E-state index in [4.69, 9.17) is 6.45 Å². The summed E-state index contributed by atoms with van der Waals surface area (Å²) in [4.78, 5) is 0. The van der Waals surface area contributed by atoms with Crippen LogP contribution >= 0.6 is 0 Å². The fraction of sp³-hybridized carbons (Fsp3) is 1.00. The quantitative estimate of drug-likeness (QED) is 0.419. The van der Waals surface area contributed by atoms with Crippen molar-refractivity contribution < 1.29 is 6.45 Å². The van der Waals surface area contributed by atoms with Crippen LogP contribution in [0.1, 0.15) is 39.5 Å². The van der Waals surface area contributed by atoms with E-state index in [1.807, 2.05) is 0 Å². The molecule has 1 aliphatic heterocycles. The first-order valence-corrected chi connectivity index (χ1v) is 11.1. The summed E-state index contributed by atoms with van der Waals surface area (Å²) in [6, 6.07) is 0. The second kappa shape index (κ2) is 4.67. The molecule has 1 heterocycles. The summed E-state index contributed by atoms with van der Waals surface area (Å²) in [5.41, 5.74) is 0. The molecule has 11 heavy (non-hydrogen) atoms. The zero-order valence-electron chi connectivity index (χ0n) is 7.56. The summed E-state index contributed by atoms with van der Waals surface area (Å²) in [5, 5.41) is 0. The van der Waals surface area contributed by atoms with Gasteiger partial charge in [0.05, 0.1) is 0 Å². The van der Waals surface area contributed by atoms with Crippen LogP contribution in [0.25, 0.3) is 0 Å². The Kier molecular flexibility index (Phi) is 4.17. The molecule has 1 fully saturated rings. The summed E-state index contributed by atoms with van der Waals surface area (Å²) in [6.45, 7) is 4.45. The van der Waals surface area contributed by atoms with Gasteiger partial charge in [-0.3, -0.25) is 0 Å². The Bertz CT molecular complexity index is 103. The normalized spacial score (nSPS) is 20.2. The summed E-state index contributed by atoms with van der Waals surface area (Å²) in [7, 11) is 0. The molecule has 0 aliphatic carbocycles. The van der Waals surface area contributed by atoms with Gasteiger partial charge in [-0.1, -0.05) is 0 Å². The Labute approximate surface area is 74.2 Å². The molecular formula is C8H18O2Sn. The SMILES string of the molecule is CCC[CH2][Sn]1([CH2]CCC)[O][O]1. The molecule has 3 heteroatoms. The van der Waals surface area contributed by atoms with Gasteiger partial charge in [0.15, 0.2) is 0 Å². The average molecular weight is 265 g/mol. The predicted molar refractivity (Wildman–Crippen MR) is 47.4 cm³/mol. The van der Waals surface area contributed by atoms with Crippen LogP contribution in [0.2, 0.25) is 8.87 Å². The Balaban J connectivity index is 2.08. The van der Waals surface area contributed by atoms with Gasteiger partial charge in [0, 0.05) is 0 Å². The maximum absolute atomic E-state index is 5.21. The molecule has 2 nitrogen and oxygen atoms in total. The molecule has 1 rings (SSSR count). The first kappa shape index (κ1) is 9.80. The van der Waals surface area contributed by atoms with Crippen molar-refractivity contribution in [2.45, 2.75) is 48.4 Å². The van der Waals surface area contributed by atoms with E-state index >= 15 is 0 Å². The third-order valence-corrected chi connectivity index (χ3v) is 10.3. The summed E-state index contributed by atoms with van der Waals surface area (Å²) in [6.07, 6.45) is 5.16. The molecule has 0 amide bonds. The fourth-order valence-electron chi connectivity index (χ4n) is 1.24. The van der Waals surface area contributed by atoms with Crippen molar-refractivity contribution in [1.82, 2.24) is 0 Å². The second-order valence-electron chi connectivity index (χ2n) is 3.28. The van der Waals surface area contributed by atoms with Gasteiger partial charge in [-0.05, 0) is 0 Å². The van der Waals surface area contributed by atoms with Crippen LogP contribution in [-0.2, 0) is 6.45 Å². The van der Waals surface area contributed by atoms with E-state index in [0.717, 1.165) is 0 Å². The van der Waals surface area contributed by atoms with Crippen LogP contribution in [0.15, 0.2) is 0 Å². The number of hydrogen-bond donors (Lipinski definition) is 0. The first-order valence-electron chi connectivity index (χ1n) is 4.70. The van der Waals surface area contributed by atoms with Crippen molar-refractivity contribution >= 4 is 19.2 Å². The molecule has 1 aliphatic rings. The minimum absolute atomic E-state index is 1.28. The Morgan fingerprint density at radius 2 is 1.36 bits per heavy atom. The van der Waals surface area contributed by atoms with Gasteiger partial charge in [0.1, 0.15) is 0 Å². The molecule has 0 radical (unpaired) electrons. The zero-order chi connectivity index (χ0) is 8.16. The van der Waals surface area contributed by atoms with E-state index in [1.54, 1.807) is 0 Å². The van der Waals surface area contributed by atoms with Crippen LogP contribution < -0.4 is 0 Å². The summed E-state index contributed by atoms with van der Waals surface area (Å²) >= 11 is -2.19.